The second-order valence-electron chi connectivity index (χ2n) is 2.96. The van der Waals surface area contributed by atoms with Crippen LogP contribution < -0.4 is 0 Å². The SMILES string of the molecule is CO[C@@H]1C[C@H](N=[N+]=[N-])[C@@H](Br)[C@@H](C)O1. The highest BCUT2D eigenvalue weighted by molar-refractivity contribution is 9.09. The molecule has 0 spiro atoms. The van der Waals surface area contributed by atoms with Gasteiger partial charge in [0.25, 0.3) is 0 Å². The number of alkyl halides is 1. The quantitative estimate of drug-likeness (QED) is 0.326. The zero-order valence-corrected chi connectivity index (χ0v) is 9.14. The number of azide groups is 1. The van der Waals surface area contributed by atoms with Crippen molar-refractivity contribution in [2.75, 3.05) is 7.11 Å². The zero-order valence-electron chi connectivity index (χ0n) is 7.55. The van der Waals surface area contributed by atoms with Crippen molar-refractivity contribution in [2.24, 2.45) is 5.11 Å². The Kier molecular flexibility index (Phi) is 3.99. The first kappa shape index (κ1) is 10.8. The third-order valence-corrected chi connectivity index (χ3v) is 3.43. The van der Waals surface area contributed by atoms with Crippen molar-refractivity contribution in [3.63, 3.8) is 0 Å². The lowest BCUT2D eigenvalue weighted by Crippen LogP contribution is -2.43. The average molecular weight is 250 g/mol. The maximum Gasteiger partial charge on any atom is 0.158 e. The molecule has 13 heavy (non-hydrogen) atoms. The molecule has 0 aromatic rings. The van der Waals surface area contributed by atoms with Gasteiger partial charge in [0.05, 0.1) is 12.1 Å². The zero-order chi connectivity index (χ0) is 9.84. The highest BCUT2D eigenvalue weighted by Crippen LogP contribution is 2.28. The van der Waals surface area contributed by atoms with Gasteiger partial charge in [0, 0.05) is 23.3 Å². The van der Waals surface area contributed by atoms with E-state index in [2.05, 4.69) is 26.0 Å². The second-order valence-corrected chi connectivity index (χ2v) is 4.02. The van der Waals surface area contributed by atoms with E-state index in [1.165, 1.54) is 0 Å². The molecular weight excluding hydrogens is 238 g/mol. The summed E-state index contributed by atoms with van der Waals surface area (Å²) < 4.78 is 10.5. The highest BCUT2D eigenvalue weighted by Gasteiger charge is 2.34. The van der Waals surface area contributed by atoms with Gasteiger partial charge in [0.1, 0.15) is 0 Å². The van der Waals surface area contributed by atoms with E-state index in [9.17, 15) is 0 Å². The van der Waals surface area contributed by atoms with Crippen LogP contribution in [0.15, 0.2) is 5.11 Å². The molecule has 1 aliphatic rings. The smallest absolute Gasteiger partial charge is 0.158 e. The molecule has 6 heteroatoms. The molecule has 1 saturated heterocycles. The van der Waals surface area contributed by atoms with E-state index in [0.717, 1.165) is 0 Å². The normalized spacial score (nSPS) is 39.6. The molecule has 5 nitrogen and oxygen atoms in total. The molecule has 1 rings (SSSR count). The fourth-order valence-corrected chi connectivity index (χ4v) is 1.79. The third kappa shape index (κ3) is 2.57. The number of hydrogen-bond donors (Lipinski definition) is 0. The van der Waals surface area contributed by atoms with Crippen LogP contribution in [0.1, 0.15) is 13.3 Å². The van der Waals surface area contributed by atoms with Gasteiger partial charge in [-0.15, -0.1) is 0 Å². The average Bonchev–Trinajstić information content (AvgIpc) is 2.13. The van der Waals surface area contributed by atoms with Crippen molar-refractivity contribution < 1.29 is 9.47 Å². The van der Waals surface area contributed by atoms with Crippen molar-refractivity contribution >= 4 is 15.9 Å². The van der Waals surface area contributed by atoms with Crippen LogP contribution in [0.5, 0.6) is 0 Å². The summed E-state index contributed by atoms with van der Waals surface area (Å²) in [7, 11) is 1.58. The molecule has 0 saturated carbocycles. The Balaban J connectivity index is 2.65. The molecule has 0 aromatic carbocycles. The van der Waals surface area contributed by atoms with E-state index in [0.29, 0.717) is 6.42 Å². The fraction of sp³-hybridized carbons (Fsp3) is 1.00. The maximum atomic E-state index is 8.34. The van der Waals surface area contributed by atoms with E-state index in [-0.39, 0.29) is 23.3 Å². The van der Waals surface area contributed by atoms with Gasteiger partial charge < -0.3 is 9.47 Å². The Labute approximate surface area is 85.2 Å². The summed E-state index contributed by atoms with van der Waals surface area (Å²) in [6, 6.07) is -0.0984. The Morgan fingerprint density at radius 3 is 2.92 bits per heavy atom. The third-order valence-electron chi connectivity index (χ3n) is 2.08. The summed E-state index contributed by atoms with van der Waals surface area (Å²) in [5.41, 5.74) is 8.34. The second kappa shape index (κ2) is 4.81. The monoisotopic (exact) mass is 249 g/mol. The van der Waals surface area contributed by atoms with E-state index in [1.54, 1.807) is 7.11 Å². The van der Waals surface area contributed by atoms with E-state index >= 15 is 0 Å². The van der Waals surface area contributed by atoms with Crippen LogP contribution in [0.4, 0.5) is 0 Å². The number of nitrogens with zero attached hydrogens (tertiary/aromatic N) is 3. The summed E-state index contributed by atoms with van der Waals surface area (Å²) >= 11 is 3.43. The van der Waals surface area contributed by atoms with Crippen LogP contribution in [0.3, 0.4) is 0 Å². The summed E-state index contributed by atoms with van der Waals surface area (Å²) in [5.74, 6) is 0. The van der Waals surface area contributed by atoms with Crippen LogP contribution in [-0.4, -0.2) is 30.4 Å². The van der Waals surface area contributed by atoms with E-state index < -0.39 is 0 Å². The first-order chi connectivity index (χ1) is 6.19. The minimum atomic E-state index is -0.265. The lowest BCUT2D eigenvalue weighted by atomic mass is 10.0. The molecule has 0 bridgehead atoms. The van der Waals surface area contributed by atoms with Gasteiger partial charge in [-0.3, -0.25) is 0 Å². The van der Waals surface area contributed by atoms with Crippen LogP contribution in [0, 0.1) is 0 Å². The Morgan fingerprint density at radius 1 is 1.69 bits per heavy atom. The standard InChI is InChI=1S/C7H12BrN3O2/c1-4-7(8)5(10-11-9)3-6(12-2)13-4/h4-7H,3H2,1-2H3/t4-,5+,6+,7+/m1/s1. The number of rotatable bonds is 2. The predicted molar refractivity (Wildman–Crippen MR) is 51.6 cm³/mol. The van der Waals surface area contributed by atoms with Gasteiger partial charge in [0.2, 0.25) is 0 Å². The first-order valence-electron chi connectivity index (χ1n) is 4.05. The molecule has 0 unspecified atom stereocenters. The lowest BCUT2D eigenvalue weighted by molar-refractivity contribution is -0.175. The van der Waals surface area contributed by atoms with E-state index in [1.807, 2.05) is 6.92 Å². The Morgan fingerprint density at radius 2 is 2.38 bits per heavy atom. The van der Waals surface area contributed by atoms with Crippen molar-refractivity contribution in [3.05, 3.63) is 10.4 Å². The fourth-order valence-electron chi connectivity index (χ4n) is 1.34. The molecule has 4 atom stereocenters. The number of methoxy groups -OCH3 is 1. The molecule has 0 radical (unpaired) electrons. The molecule has 74 valence electrons. The molecule has 0 aromatic heterocycles. The van der Waals surface area contributed by atoms with Gasteiger partial charge in [0.15, 0.2) is 6.29 Å². The van der Waals surface area contributed by atoms with Crippen LogP contribution in [0.2, 0.25) is 0 Å². The minimum absolute atomic E-state index is 0.00537. The van der Waals surface area contributed by atoms with Gasteiger partial charge in [-0.25, -0.2) is 0 Å². The van der Waals surface area contributed by atoms with Crippen LogP contribution in [-0.2, 0) is 9.47 Å². The topological polar surface area (TPSA) is 67.2 Å². The molecule has 0 amide bonds. The number of hydrogen-bond acceptors (Lipinski definition) is 3. The molecule has 0 aliphatic carbocycles. The van der Waals surface area contributed by atoms with Crippen molar-refractivity contribution in [1.82, 2.24) is 0 Å². The minimum Gasteiger partial charge on any atom is -0.356 e. The van der Waals surface area contributed by atoms with Crippen molar-refractivity contribution in [2.45, 2.75) is 36.6 Å². The summed E-state index contributed by atoms with van der Waals surface area (Å²) in [6.45, 7) is 1.92. The lowest BCUT2D eigenvalue weighted by Gasteiger charge is -2.34. The first-order valence-corrected chi connectivity index (χ1v) is 4.97. The van der Waals surface area contributed by atoms with Gasteiger partial charge >= 0.3 is 0 Å². The Bertz CT molecular complexity index is 220. The van der Waals surface area contributed by atoms with Crippen molar-refractivity contribution in [3.8, 4) is 0 Å². The predicted octanol–water partition coefficient (Wildman–Crippen LogP) is 2.21. The Hall–Kier alpha value is -0.290. The maximum absolute atomic E-state index is 8.34. The highest BCUT2D eigenvalue weighted by atomic mass is 79.9. The summed E-state index contributed by atoms with van der Waals surface area (Å²) in [6.07, 6.45) is 0.328. The summed E-state index contributed by atoms with van der Waals surface area (Å²) in [5, 5.41) is 3.69. The van der Waals surface area contributed by atoms with Gasteiger partial charge in [-0.1, -0.05) is 21.0 Å². The molecule has 0 N–H and O–H groups in total. The molecule has 1 aliphatic heterocycles. The molecule has 1 heterocycles. The van der Waals surface area contributed by atoms with Crippen LogP contribution in [0.25, 0.3) is 10.4 Å². The molecule has 1 fully saturated rings. The molecular formula is C7H12BrN3O2. The number of halogens is 1. The summed E-state index contributed by atoms with van der Waals surface area (Å²) in [4.78, 5) is 2.86. The van der Waals surface area contributed by atoms with Crippen LogP contribution >= 0.6 is 15.9 Å². The van der Waals surface area contributed by atoms with Crippen molar-refractivity contribution in [1.29, 1.82) is 0 Å². The van der Waals surface area contributed by atoms with Gasteiger partial charge in [-0.05, 0) is 12.5 Å². The van der Waals surface area contributed by atoms with E-state index in [4.69, 9.17) is 15.0 Å². The number of ether oxygens (including phenoxy) is 2. The largest absolute Gasteiger partial charge is 0.356 e. The van der Waals surface area contributed by atoms with Gasteiger partial charge in [-0.2, -0.15) is 0 Å².